The van der Waals surface area contributed by atoms with Gasteiger partial charge >= 0.3 is 0 Å². The van der Waals surface area contributed by atoms with E-state index in [9.17, 15) is 4.79 Å². The molecule has 2 aromatic rings. The average molecular weight is 356 g/mol. The van der Waals surface area contributed by atoms with Gasteiger partial charge in [0.1, 0.15) is 0 Å². The van der Waals surface area contributed by atoms with E-state index in [0.29, 0.717) is 35.1 Å². The van der Waals surface area contributed by atoms with Gasteiger partial charge in [-0.2, -0.15) is 4.98 Å². The number of Topliss-reactive ketones (excluding diaryl/α,β-unsaturated/α-hetero) is 1. The normalized spacial score (nSPS) is 16.1. The number of benzene rings is 1. The van der Waals surface area contributed by atoms with Gasteiger partial charge in [-0.1, -0.05) is 29.6 Å². The lowest BCUT2D eigenvalue weighted by Crippen LogP contribution is -2.34. The lowest BCUT2D eigenvalue weighted by molar-refractivity contribution is 0.0979. The Bertz CT molecular complexity index is 664. The third-order valence-corrected chi connectivity index (χ3v) is 4.39. The van der Waals surface area contributed by atoms with E-state index in [1.807, 2.05) is 0 Å². The quantitative estimate of drug-likeness (QED) is 0.827. The minimum absolute atomic E-state index is 0. The molecule has 1 saturated carbocycles. The zero-order valence-electron chi connectivity index (χ0n) is 12.6. The van der Waals surface area contributed by atoms with Crippen molar-refractivity contribution in [2.45, 2.75) is 44.1 Å². The molecular formula is C16H19Cl2N3O2. The van der Waals surface area contributed by atoms with Crippen LogP contribution in [-0.4, -0.2) is 15.9 Å². The molecule has 23 heavy (non-hydrogen) atoms. The zero-order valence-corrected chi connectivity index (χ0v) is 14.2. The van der Waals surface area contributed by atoms with E-state index in [1.165, 1.54) is 0 Å². The van der Waals surface area contributed by atoms with Crippen molar-refractivity contribution < 1.29 is 9.32 Å². The Hall–Kier alpha value is -1.43. The predicted molar refractivity (Wildman–Crippen MR) is 90.0 cm³/mol. The van der Waals surface area contributed by atoms with Crippen LogP contribution >= 0.6 is 24.0 Å². The lowest BCUT2D eigenvalue weighted by atomic mass is 9.99. The Morgan fingerprint density at radius 2 is 1.91 bits per heavy atom. The summed E-state index contributed by atoms with van der Waals surface area (Å²) in [4.78, 5) is 16.5. The molecular weight excluding hydrogens is 337 g/mol. The summed E-state index contributed by atoms with van der Waals surface area (Å²) in [6.07, 6.45) is 4.70. The zero-order chi connectivity index (χ0) is 15.6. The van der Waals surface area contributed by atoms with Crippen LogP contribution in [0.5, 0.6) is 0 Å². The Morgan fingerprint density at radius 1 is 1.26 bits per heavy atom. The second-order valence-electron chi connectivity index (χ2n) is 5.81. The van der Waals surface area contributed by atoms with Gasteiger partial charge in [0.25, 0.3) is 0 Å². The number of nitrogens with zero attached hydrogens (tertiary/aromatic N) is 2. The maximum absolute atomic E-state index is 12.1. The van der Waals surface area contributed by atoms with E-state index in [-0.39, 0.29) is 18.2 Å². The minimum Gasteiger partial charge on any atom is -0.339 e. The van der Waals surface area contributed by atoms with Gasteiger partial charge in [-0.15, -0.1) is 12.4 Å². The van der Waals surface area contributed by atoms with Crippen molar-refractivity contribution in [2.24, 2.45) is 5.73 Å². The number of halogens is 2. The van der Waals surface area contributed by atoms with Gasteiger partial charge in [0, 0.05) is 23.4 Å². The van der Waals surface area contributed by atoms with Crippen LogP contribution in [0.2, 0.25) is 5.02 Å². The summed E-state index contributed by atoms with van der Waals surface area (Å²) in [5.74, 6) is 1.06. The van der Waals surface area contributed by atoms with Crippen LogP contribution in [0.1, 0.15) is 54.2 Å². The first-order valence-corrected chi connectivity index (χ1v) is 7.85. The van der Waals surface area contributed by atoms with Crippen molar-refractivity contribution in [3.8, 4) is 0 Å². The fourth-order valence-corrected chi connectivity index (χ4v) is 2.91. The number of carbonyl (C=O) groups is 1. The molecule has 0 saturated heterocycles. The SMILES string of the molecule is Cl.NC1(c2noc(CCC(=O)c3ccc(Cl)cc3)n2)CCCC1. The van der Waals surface area contributed by atoms with Crippen molar-refractivity contribution in [1.29, 1.82) is 0 Å². The third kappa shape index (κ3) is 4.10. The Morgan fingerprint density at radius 3 is 2.57 bits per heavy atom. The molecule has 1 aromatic heterocycles. The number of hydrogen-bond acceptors (Lipinski definition) is 5. The first kappa shape index (κ1) is 17.9. The van der Waals surface area contributed by atoms with Crippen molar-refractivity contribution in [1.82, 2.24) is 10.1 Å². The molecule has 0 bridgehead atoms. The molecule has 124 valence electrons. The molecule has 0 aliphatic heterocycles. The second kappa shape index (κ2) is 7.43. The van der Waals surface area contributed by atoms with Gasteiger partial charge < -0.3 is 10.3 Å². The molecule has 7 heteroatoms. The molecule has 1 aliphatic rings. The van der Waals surface area contributed by atoms with E-state index in [4.69, 9.17) is 21.9 Å². The van der Waals surface area contributed by atoms with Crippen LogP contribution in [-0.2, 0) is 12.0 Å². The minimum atomic E-state index is -0.456. The molecule has 1 heterocycles. The molecule has 0 unspecified atom stereocenters. The van der Waals surface area contributed by atoms with Crippen LogP contribution in [0.15, 0.2) is 28.8 Å². The lowest BCUT2D eigenvalue weighted by Gasteiger charge is -2.17. The fraction of sp³-hybridized carbons (Fsp3) is 0.438. The second-order valence-corrected chi connectivity index (χ2v) is 6.24. The summed E-state index contributed by atoms with van der Waals surface area (Å²) in [5, 5.41) is 4.61. The van der Waals surface area contributed by atoms with Crippen LogP contribution in [0, 0.1) is 0 Å². The van der Waals surface area contributed by atoms with Crippen molar-refractivity contribution >= 4 is 29.8 Å². The highest BCUT2D eigenvalue weighted by molar-refractivity contribution is 6.30. The highest BCUT2D eigenvalue weighted by Gasteiger charge is 2.35. The van der Waals surface area contributed by atoms with Crippen molar-refractivity contribution in [2.75, 3.05) is 0 Å². The molecule has 0 atom stereocenters. The summed E-state index contributed by atoms with van der Waals surface area (Å²) in [7, 11) is 0. The van der Waals surface area contributed by atoms with E-state index in [2.05, 4.69) is 10.1 Å². The molecule has 1 aliphatic carbocycles. The highest BCUT2D eigenvalue weighted by Crippen LogP contribution is 2.34. The molecule has 2 N–H and O–H groups in total. The highest BCUT2D eigenvalue weighted by atomic mass is 35.5. The van der Waals surface area contributed by atoms with Gasteiger partial charge in [0.15, 0.2) is 11.6 Å². The van der Waals surface area contributed by atoms with Gasteiger partial charge in [-0.3, -0.25) is 4.79 Å². The molecule has 0 radical (unpaired) electrons. The molecule has 0 spiro atoms. The van der Waals surface area contributed by atoms with E-state index < -0.39 is 5.54 Å². The predicted octanol–water partition coefficient (Wildman–Crippen LogP) is 3.69. The third-order valence-electron chi connectivity index (χ3n) is 4.14. The summed E-state index contributed by atoms with van der Waals surface area (Å²) in [5.41, 5.74) is 6.47. The first-order valence-electron chi connectivity index (χ1n) is 7.47. The van der Waals surface area contributed by atoms with Gasteiger partial charge in [-0.05, 0) is 37.1 Å². The van der Waals surface area contributed by atoms with Crippen molar-refractivity contribution in [3.63, 3.8) is 0 Å². The number of aryl methyl sites for hydroxylation is 1. The number of hydrogen-bond donors (Lipinski definition) is 1. The summed E-state index contributed by atoms with van der Waals surface area (Å²) >= 11 is 5.81. The summed E-state index contributed by atoms with van der Waals surface area (Å²) < 4.78 is 5.23. The van der Waals surface area contributed by atoms with E-state index in [0.717, 1.165) is 25.7 Å². The van der Waals surface area contributed by atoms with E-state index >= 15 is 0 Å². The fourth-order valence-electron chi connectivity index (χ4n) is 2.79. The summed E-state index contributed by atoms with van der Waals surface area (Å²) in [6, 6.07) is 6.85. The number of carbonyl (C=O) groups excluding carboxylic acids is 1. The standard InChI is InChI=1S/C16H18ClN3O2.ClH/c17-12-5-3-11(4-6-12)13(21)7-8-14-19-15(20-22-14)16(18)9-1-2-10-16;/h3-6H,1-2,7-10,18H2;1H. The number of ketones is 1. The number of nitrogens with two attached hydrogens (primary N) is 1. The van der Waals surface area contributed by atoms with Crippen molar-refractivity contribution in [3.05, 3.63) is 46.6 Å². The Balaban J connectivity index is 0.00000192. The first-order chi connectivity index (χ1) is 10.6. The van der Waals surface area contributed by atoms with Crippen LogP contribution < -0.4 is 5.73 Å². The van der Waals surface area contributed by atoms with Crippen LogP contribution in [0.3, 0.4) is 0 Å². The van der Waals surface area contributed by atoms with E-state index in [1.54, 1.807) is 24.3 Å². The van der Waals surface area contributed by atoms with Gasteiger partial charge in [-0.25, -0.2) is 0 Å². The smallest absolute Gasteiger partial charge is 0.227 e. The summed E-state index contributed by atoms with van der Waals surface area (Å²) in [6.45, 7) is 0. The number of rotatable bonds is 5. The topological polar surface area (TPSA) is 82.0 Å². The molecule has 5 nitrogen and oxygen atoms in total. The van der Waals surface area contributed by atoms with Gasteiger partial charge in [0.2, 0.25) is 5.89 Å². The van der Waals surface area contributed by atoms with Crippen LogP contribution in [0.25, 0.3) is 0 Å². The maximum atomic E-state index is 12.1. The van der Waals surface area contributed by atoms with Gasteiger partial charge in [0.05, 0.1) is 5.54 Å². The van der Waals surface area contributed by atoms with Crippen LogP contribution in [0.4, 0.5) is 0 Å². The largest absolute Gasteiger partial charge is 0.339 e. The monoisotopic (exact) mass is 355 g/mol. The molecule has 1 fully saturated rings. The average Bonchev–Trinajstić information content (AvgIpc) is 3.15. The Labute approximate surface area is 146 Å². The maximum Gasteiger partial charge on any atom is 0.227 e. The molecule has 3 rings (SSSR count). The molecule has 1 aromatic carbocycles. The Kier molecular flexibility index (Phi) is 5.79. The number of aromatic nitrogens is 2. The molecule has 0 amide bonds.